The molecule has 0 spiro atoms. The Morgan fingerprint density at radius 2 is 2.18 bits per heavy atom. The molecule has 1 N–H and O–H groups in total. The zero-order valence-corrected chi connectivity index (χ0v) is 10.5. The molecule has 0 bridgehead atoms. The summed E-state index contributed by atoms with van der Waals surface area (Å²) in [7, 11) is 1.86. The number of nitrogens with one attached hydrogen (secondary N) is 1. The second kappa shape index (κ2) is 5.36. The number of hydrogen-bond acceptors (Lipinski definition) is 3. The first-order chi connectivity index (χ1) is 8.20. The van der Waals surface area contributed by atoms with Crippen molar-refractivity contribution in [1.29, 1.82) is 0 Å². The Hall–Kier alpha value is -1.29. The smallest absolute Gasteiger partial charge is 0.289 e. The minimum atomic E-state index is 0.0271. The van der Waals surface area contributed by atoms with Crippen LogP contribution >= 0.6 is 0 Å². The van der Waals surface area contributed by atoms with Crippen LogP contribution in [0.15, 0.2) is 16.5 Å². The van der Waals surface area contributed by atoms with Gasteiger partial charge in [-0.05, 0) is 37.9 Å². The minimum Gasteiger partial charge on any atom is -0.455 e. The fraction of sp³-hybridized carbons (Fsp3) is 0.615. The largest absolute Gasteiger partial charge is 0.455 e. The molecule has 1 fully saturated rings. The fourth-order valence-corrected chi connectivity index (χ4v) is 2.13. The molecule has 0 aromatic carbocycles. The van der Waals surface area contributed by atoms with Crippen LogP contribution in [0.2, 0.25) is 0 Å². The first-order valence-electron chi connectivity index (χ1n) is 6.23. The molecule has 4 heteroatoms. The van der Waals surface area contributed by atoms with Gasteiger partial charge >= 0.3 is 0 Å². The van der Waals surface area contributed by atoms with E-state index in [1.807, 2.05) is 18.0 Å². The van der Waals surface area contributed by atoms with E-state index in [1.165, 1.54) is 0 Å². The standard InChI is InChI=1S/C13H20N2O2/c1-10-5-7-15(8-6-10)13(16)12-4-3-11(17-12)9-14-2/h3-4,10,14H,5-9H2,1-2H3. The van der Waals surface area contributed by atoms with E-state index >= 15 is 0 Å². The Labute approximate surface area is 102 Å². The van der Waals surface area contributed by atoms with Crippen molar-refractivity contribution >= 4 is 5.91 Å². The number of nitrogens with zero attached hydrogens (tertiary/aromatic N) is 1. The highest BCUT2D eigenvalue weighted by Gasteiger charge is 2.23. The van der Waals surface area contributed by atoms with Gasteiger partial charge < -0.3 is 14.6 Å². The first kappa shape index (κ1) is 12.2. The molecule has 2 rings (SSSR count). The molecule has 1 saturated heterocycles. The van der Waals surface area contributed by atoms with Gasteiger partial charge in [-0.15, -0.1) is 0 Å². The molecule has 1 aliphatic heterocycles. The van der Waals surface area contributed by atoms with Gasteiger partial charge in [-0.3, -0.25) is 4.79 Å². The first-order valence-corrected chi connectivity index (χ1v) is 6.23. The zero-order valence-electron chi connectivity index (χ0n) is 10.5. The van der Waals surface area contributed by atoms with Crippen LogP contribution in [0.1, 0.15) is 36.1 Å². The van der Waals surface area contributed by atoms with Gasteiger partial charge in [-0.1, -0.05) is 6.92 Å². The van der Waals surface area contributed by atoms with Gasteiger partial charge in [0.15, 0.2) is 5.76 Å². The van der Waals surface area contributed by atoms with Gasteiger partial charge in [0, 0.05) is 13.1 Å². The lowest BCUT2D eigenvalue weighted by Gasteiger charge is -2.29. The van der Waals surface area contributed by atoms with Gasteiger partial charge in [-0.25, -0.2) is 0 Å². The summed E-state index contributed by atoms with van der Waals surface area (Å²) >= 11 is 0. The van der Waals surface area contributed by atoms with Crippen LogP contribution < -0.4 is 5.32 Å². The van der Waals surface area contributed by atoms with Crippen molar-refractivity contribution in [2.24, 2.45) is 5.92 Å². The Morgan fingerprint density at radius 3 is 2.82 bits per heavy atom. The van der Waals surface area contributed by atoms with Crippen LogP contribution in [0.25, 0.3) is 0 Å². The number of rotatable bonds is 3. The normalized spacial score (nSPS) is 17.4. The van der Waals surface area contributed by atoms with Crippen molar-refractivity contribution < 1.29 is 9.21 Å². The van der Waals surface area contributed by atoms with E-state index in [1.54, 1.807) is 6.07 Å². The molecule has 17 heavy (non-hydrogen) atoms. The summed E-state index contributed by atoms with van der Waals surface area (Å²) < 4.78 is 5.51. The summed E-state index contributed by atoms with van der Waals surface area (Å²) in [5, 5.41) is 3.00. The van der Waals surface area contributed by atoms with Gasteiger partial charge in [0.2, 0.25) is 0 Å². The van der Waals surface area contributed by atoms with Crippen LogP contribution in [0.4, 0.5) is 0 Å². The van der Waals surface area contributed by atoms with Crippen molar-refractivity contribution in [1.82, 2.24) is 10.2 Å². The van der Waals surface area contributed by atoms with Gasteiger partial charge in [0.05, 0.1) is 6.54 Å². The predicted octanol–water partition coefficient (Wildman–Crippen LogP) is 1.87. The van der Waals surface area contributed by atoms with E-state index in [2.05, 4.69) is 12.2 Å². The topological polar surface area (TPSA) is 45.5 Å². The number of carbonyl (C=O) groups excluding carboxylic acids is 1. The molecule has 0 saturated carbocycles. The van der Waals surface area contributed by atoms with Crippen LogP contribution in [0.5, 0.6) is 0 Å². The molecule has 1 amide bonds. The number of likely N-dealkylation sites (tertiary alicyclic amines) is 1. The lowest BCUT2D eigenvalue weighted by Crippen LogP contribution is -2.37. The van der Waals surface area contributed by atoms with Crippen LogP contribution in [-0.4, -0.2) is 30.9 Å². The summed E-state index contributed by atoms with van der Waals surface area (Å²) in [4.78, 5) is 14.0. The van der Waals surface area contributed by atoms with E-state index in [4.69, 9.17) is 4.42 Å². The molecule has 0 atom stereocenters. The third-order valence-electron chi connectivity index (χ3n) is 3.29. The summed E-state index contributed by atoms with van der Waals surface area (Å²) in [5.41, 5.74) is 0. The van der Waals surface area contributed by atoms with Gasteiger partial charge in [0.1, 0.15) is 5.76 Å². The highest BCUT2D eigenvalue weighted by molar-refractivity contribution is 5.91. The van der Waals surface area contributed by atoms with Crippen LogP contribution in [0, 0.1) is 5.92 Å². The number of furan rings is 1. The highest BCUT2D eigenvalue weighted by Crippen LogP contribution is 2.19. The molecular weight excluding hydrogens is 216 g/mol. The molecule has 94 valence electrons. The van der Waals surface area contributed by atoms with Crippen LogP contribution in [-0.2, 0) is 6.54 Å². The van der Waals surface area contributed by atoms with Crippen molar-refractivity contribution in [3.05, 3.63) is 23.7 Å². The predicted molar refractivity (Wildman–Crippen MR) is 65.8 cm³/mol. The second-order valence-corrected chi connectivity index (χ2v) is 4.77. The van der Waals surface area contributed by atoms with Crippen molar-refractivity contribution in [2.75, 3.05) is 20.1 Å². The second-order valence-electron chi connectivity index (χ2n) is 4.77. The number of hydrogen-bond donors (Lipinski definition) is 1. The molecule has 1 aliphatic rings. The maximum absolute atomic E-state index is 12.1. The van der Waals surface area contributed by atoms with Crippen molar-refractivity contribution in [2.45, 2.75) is 26.3 Å². The monoisotopic (exact) mass is 236 g/mol. The summed E-state index contributed by atoms with van der Waals surface area (Å²) in [6.07, 6.45) is 2.19. The zero-order chi connectivity index (χ0) is 12.3. The highest BCUT2D eigenvalue weighted by atomic mass is 16.4. The maximum atomic E-state index is 12.1. The van der Waals surface area contributed by atoms with Gasteiger partial charge in [-0.2, -0.15) is 0 Å². The minimum absolute atomic E-state index is 0.0271. The lowest BCUT2D eigenvalue weighted by atomic mass is 9.99. The molecule has 0 radical (unpaired) electrons. The Morgan fingerprint density at radius 1 is 1.47 bits per heavy atom. The van der Waals surface area contributed by atoms with Crippen molar-refractivity contribution in [3.63, 3.8) is 0 Å². The molecule has 1 aromatic rings. The number of piperidine rings is 1. The van der Waals surface area contributed by atoms with Gasteiger partial charge in [0.25, 0.3) is 5.91 Å². The van der Waals surface area contributed by atoms with E-state index in [9.17, 15) is 4.79 Å². The quantitative estimate of drug-likeness (QED) is 0.871. The SMILES string of the molecule is CNCc1ccc(C(=O)N2CCC(C)CC2)o1. The number of carbonyl (C=O) groups is 1. The average Bonchev–Trinajstić information content (AvgIpc) is 2.78. The van der Waals surface area contributed by atoms with Crippen molar-refractivity contribution in [3.8, 4) is 0 Å². The third-order valence-corrected chi connectivity index (χ3v) is 3.29. The lowest BCUT2D eigenvalue weighted by molar-refractivity contribution is 0.0663. The Balaban J connectivity index is 1.98. The van der Waals surface area contributed by atoms with E-state index in [-0.39, 0.29) is 5.91 Å². The average molecular weight is 236 g/mol. The molecule has 0 unspecified atom stereocenters. The molecule has 0 aliphatic carbocycles. The Kier molecular flexibility index (Phi) is 3.84. The van der Waals surface area contributed by atoms with Crippen LogP contribution in [0.3, 0.4) is 0 Å². The summed E-state index contributed by atoms with van der Waals surface area (Å²) in [6, 6.07) is 3.63. The summed E-state index contributed by atoms with van der Waals surface area (Å²) in [6.45, 7) is 4.59. The summed E-state index contributed by atoms with van der Waals surface area (Å²) in [5.74, 6) is 2.03. The molecule has 4 nitrogen and oxygen atoms in total. The molecule has 1 aromatic heterocycles. The van der Waals surface area contributed by atoms with E-state index in [0.717, 1.165) is 37.6 Å². The van der Waals surface area contributed by atoms with E-state index in [0.29, 0.717) is 12.3 Å². The maximum Gasteiger partial charge on any atom is 0.289 e. The molecular formula is C13H20N2O2. The fourth-order valence-electron chi connectivity index (χ4n) is 2.13. The van der Waals surface area contributed by atoms with E-state index < -0.39 is 0 Å². The number of amides is 1. The third kappa shape index (κ3) is 2.88. The Bertz CT molecular complexity index is 379. The molecule has 2 heterocycles.